The van der Waals surface area contributed by atoms with Gasteiger partial charge in [-0.25, -0.2) is 0 Å². The molecule has 2 heterocycles. The van der Waals surface area contributed by atoms with E-state index in [1.807, 2.05) is 4.90 Å². The van der Waals surface area contributed by atoms with Crippen LogP contribution in [0, 0.1) is 0 Å². The largest absolute Gasteiger partial charge is 0.337 e. The van der Waals surface area contributed by atoms with Crippen molar-refractivity contribution in [2.24, 2.45) is 0 Å². The first-order valence-electron chi connectivity index (χ1n) is 5.28. The van der Waals surface area contributed by atoms with E-state index in [0.29, 0.717) is 0 Å². The van der Waals surface area contributed by atoms with Gasteiger partial charge in [0.1, 0.15) is 0 Å². The number of nitrogens with one attached hydrogen (secondary N) is 1. The lowest BCUT2D eigenvalue weighted by molar-refractivity contribution is 0.0766. The third kappa shape index (κ3) is 2.53. The molecule has 4 nitrogen and oxygen atoms in total. The van der Waals surface area contributed by atoms with Crippen LogP contribution in [-0.2, 0) is 0 Å². The van der Waals surface area contributed by atoms with E-state index in [4.69, 9.17) is 0 Å². The number of pyridine rings is 1. The fraction of sp³-hybridized carbons (Fsp3) is 0.455. The lowest BCUT2D eigenvalue weighted by Crippen LogP contribution is -2.34. The van der Waals surface area contributed by atoms with E-state index in [0.717, 1.165) is 38.2 Å². The summed E-state index contributed by atoms with van der Waals surface area (Å²) in [5.41, 5.74) is 0.729. The summed E-state index contributed by atoms with van der Waals surface area (Å²) in [6.07, 6.45) is 4.34. The lowest BCUT2D eigenvalue weighted by atomic mass is 10.2. The van der Waals surface area contributed by atoms with Gasteiger partial charge in [-0.05, 0) is 25.1 Å². The summed E-state index contributed by atoms with van der Waals surface area (Å²) in [6.45, 7) is 3.52. The molecule has 1 aromatic rings. The first-order chi connectivity index (χ1) is 7.38. The van der Waals surface area contributed by atoms with Crippen molar-refractivity contribution in [3.63, 3.8) is 0 Å². The molecule has 4 heteroatoms. The summed E-state index contributed by atoms with van der Waals surface area (Å²) in [6, 6.07) is 3.53. The summed E-state index contributed by atoms with van der Waals surface area (Å²) >= 11 is 0. The average molecular weight is 205 g/mol. The SMILES string of the molecule is O=C(c1ccncc1)N1CCCNCC1. The first kappa shape index (κ1) is 10.1. The molecule has 1 saturated heterocycles. The molecule has 1 aliphatic rings. The van der Waals surface area contributed by atoms with Crippen LogP contribution in [0.25, 0.3) is 0 Å². The Labute approximate surface area is 89.3 Å². The molecule has 0 aromatic carbocycles. The Morgan fingerprint density at radius 1 is 1.27 bits per heavy atom. The topological polar surface area (TPSA) is 45.2 Å². The summed E-state index contributed by atoms with van der Waals surface area (Å²) in [4.78, 5) is 17.8. The third-order valence-corrected chi connectivity index (χ3v) is 2.55. The van der Waals surface area contributed by atoms with Crippen molar-refractivity contribution in [2.45, 2.75) is 6.42 Å². The molecule has 1 fully saturated rings. The minimum atomic E-state index is 0.112. The van der Waals surface area contributed by atoms with Gasteiger partial charge in [0.25, 0.3) is 5.91 Å². The maximum atomic E-state index is 12.0. The normalized spacial score (nSPS) is 17.2. The summed E-state index contributed by atoms with van der Waals surface area (Å²) in [7, 11) is 0. The second-order valence-electron chi connectivity index (χ2n) is 3.63. The van der Waals surface area contributed by atoms with Crippen LogP contribution < -0.4 is 5.32 Å². The molecular weight excluding hydrogens is 190 g/mol. The molecule has 1 N–H and O–H groups in total. The molecule has 0 aliphatic carbocycles. The van der Waals surface area contributed by atoms with Gasteiger partial charge < -0.3 is 10.2 Å². The van der Waals surface area contributed by atoms with Gasteiger partial charge in [0.05, 0.1) is 0 Å². The van der Waals surface area contributed by atoms with E-state index in [9.17, 15) is 4.79 Å². The monoisotopic (exact) mass is 205 g/mol. The van der Waals surface area contributed by atoms with E-state index in [1.54, 1.807) is 24.5 Å². The van der Waals surface area contributed by atoms with Crippen LogP contribution in [-0.4, -0.2) is 42.0 Å². The standard InChI is InChI=1S/C11H15N3O/c15-11(10-2-5-13-6-3-10)14-8-1-4-12-7-9-14/h2-3,5-6,12H,1,4,7-9H2. The van der Waals surface area contributed by atoms with E-state index in [2.05, 4.69) is 10.3 Å². The second kappa shape index (κ2) is 4.89. The highest BCUT2D eigenvalue weighted by Crippen LogP contribution is 2.05. The number of hydrogen-bond donors (Lipinski definition) is 1. The molecule has 1 aliphatic heterocycles. The van der Waals surface area contributed by atoms with Crippen molar-refractivity contribution < 1.29 is 4.79 Å². The Kier molecular flexibility index (Phi) is 3.29. The Balaban J connectivity index is 2.06. The molecule has 0 bridgehead atoms. The molecule has 1 aromatic heterocycles. The molecule has 80 valence electrons. The number of hydrogen-bond acceptors (Lipinski definition) is 3. The smallest absolute Gasteiger partial charge is 0.254 e. The molecule has 0 unspecified atom stereocenters. The quantitative estimate of drug-likeness (QED) is 0.727. The zero-order valence-electron chi connectivity index (χ0n) is 8.65. The predicted octanol–water partition coefficient (Wildman–Crippen LogP) is 0.517. The molecule has 15 heavy (non-hydrogen) atoms. The van der Waals surface area contributed by atoms with Gasteiger partial charge in [-0.1, -0.05) is 0 Å². The number of rotatable bonds is 1. The van der Waals surface area contributed by atoms with Crippen molar-refractivity contribution in [1.29, 1.82) is 0 Å². The number of carbonyl (C=O) groups excluding carboxylic acids is 1. The number of nitrogens with zero attached hydrogens (tertiary/aromatic N) is 2. The zero-order chi connectivity index (χ0) is 10.5. The summed E-state index contributed by atoms with van der Waals surface area (Å²) < 4.78 is 0. The minimum absolute atomic E-state index is 0.112. The van der Waals surface area contributed by atoms with Crippen LogP contribution in [0.5, 0.6) is 0 Å². The Morgan fingerprint density at radius 2 is 2.07 bits per heavy atom. The van der Waals surface area contributed by atoms with Crippen LogP contribution in [0.4, 0.5) is 0 Å². The van der Waals surface area contributed by atoms with Crippen LogP contribution >= 0.6 is 0 Å². The maximum absolute atomic E-state index is 12.0. The van der Waals surface area contributed by atoms with Crippen LogP contribution in [0.15, 0.2) is 24.5 Å². The van der Waals surface area contributed by atoms with Crippen molar-refractivity contribution in [2.75, 3.05) is 26.2 Å². The van der Waals surface area contributed by atoms with E-state index in [1.165, 1.54) is 0 Å². The molecule has 0 saturated carbocycles. The van der Waals surface area contributed by atoms with Gasteiger partial charge in [0.15, 0.2) is 0 Å². The zero-order valence-corrected chi connectivity index (χ0v) is 8.65. The summed E-state index contributed by atoms with van der Waals surface area (Å²) in [5, 5.41) is 3.28. The van der Waals surface area contributed by atoms with E-state index in [-0.39, 0.29) is 5.91 Å². The summed E-state index contributed by atoms with van der Waals surface area (Å²) in [5.74, 6) is 0.112. The third-order valence-electron chi connectivity index (χ3n) is 2.55. The maximum Gasteiger partial charge on any atom is 0.254 e. The van der Waals surface area contributed by atoms with E-state index < -0.39 is 0 Å². The highest BCUT2D eigenvalue weighted by atomic mass is 16.2. The van der Waals surface area contributed by atoms with Crippen molar-refractivity contribution in [1.82, 2.24) is 15.2 Å². The molecule has 0 atom stereocenters. The average Bonchev–Trinajstić information content (AvgIpc) is 2.58. The van der Waals surface area contributed by atoms with Crippen molar-refractivity contribution in [3.05, 3.63) is 30.1 Å². The van der Waals surface area contributed by atoms with E-state index >= 15 is 0 Å². The molecule has 2 rings (SSSR count). The van der Waals surface area contributed by atoms with Crippen LogP contribution in [0.2, 0.25) is 0 Å². The molecule has 0 radical (unpaired) electrons. The highest BCUT2D eigenvalue weighted by Gasteiger charge is 2.16. The van der Waals surface area contributed by atoms with Gasteiger partial charge in [-0.3, -0.25) is 9.78 Å². The second-order valence-corrected chi connectivity index (χ2v) is 3.63. The Hall–Kier alpha value is -1.42. The molecular formula is C11H15N3O. The fourth-order valence-electron chi connectivity index (χ4n) is 1.73. The number of carbonyl (C=O) groups is 1. The van der Waals surface area contributed by atoms with Crippen LogP contribution in [0.1, 0.15) is 16.8 Å². The fourth-order valence-corrected chi connectivity index (χ4v) is 1.73. The van der Waals surface area contributed by atoms with Gasteiger partial charge in [0.2, 0.25) is 0 Å². The van der Waals surface area contributed by atoms with Gasteiger partial charge in [-0.15, -0.1) is 0 Å². The highest BCUT2D eigenvalue weighted by molar-refractivity contribution is 5.94. The Morgan fingerprint density at radius 3 is 2.87 bits per heavy atom. The Bertz CT molecular complexity index is 318. The first-order valence-corrected chi connectivity index (χ1v) is 5.28. The van der Waals surface area contributed by atoms with Crippen molar-refractivity contribution >= 4 is 5.91 Å². The molecule has 1 amide bonds. The number of amides is 1. The molecule has 0 spiro atoms. The van der Waals surface area contributed by atoms with Crippen molar-refractivity contribution in [3.8, 4) is 0 Å². The predicted molar refractivity (Wildman–Crippen MR) is 57.6 cm³/mol. The lowest BCUT2D eigenvalue weighted by Gasteiger charge is -2.19. The van der Waals surface area contributed by atoms with Gasteiger partial charge in [-0.2, -0.15) is 0 Å². The van der Waals surface area contributed by atoms with Gasteiger partial charge in [0, 0.05) is 37.6 Å². The minimum Gasteiger partial charge on any atom is -0.337 e. The van der Waals surface area contributed by atoms with Crippen LogP contribution in [0.3, 0.4) is 0 Å². The van der Waals surface area contributed by atoms with Gasteiger partial charge >= 0.3 is 0 Å². The number of aromatic nitrogens is 1.